The van der Waals surface area contributed by atoms with E-state index in [0.29, 0.717) is 18.2 Å². The number of aliphatic hydroxyl groups is 1. The third-order valence-electron chi connectivity index (χ3n) is 4.29. The van der Waals surface area contributed by atoms with E-state index in [1.54, 1.807) is 17.8 Å². The van der Waals surface area contributed by atoms with E-state index in [1.165, 1.54) is 12.1 Å². The molecule has 7 heteroatoms. The average Bonchev–Trinajstić information content (AvgIpc) is 2.92. The van der Waals surface area contributed by atoms with Crippen molar-refractivity contribution in [1.29, 1.82) is 0 Å². The van der Waals surface area contributed by atoms with Crippen molar-refractivity contribution >= 4 is 22.8 Å². The fourth-order valence-electron chi connectivity index (χ4n) is 3.17. The quantitative estimate of drug-likeness (QED) is 0.670. The average molecular weight is 339 g/mol. The maximum absolute atomic E-state index is 13.4. The van der Waals surface area contributed by atoms with Gasteiger partial charge in [-0.3, -0.25) is 4.90 Å². The van der Waals surface area contributed by atoms with Crippen molar-refractivity contribution in [2.45, 2.75) is 37.4 Å². The lowest BCUT2D eigenvalue weighted by Crippen LogP contribution is -2.43. The number of piperidine rings is 1. The van der Waals surface area contributed by atoms with Gasteiger partial charge in [-0.05, 0) is 38.2 Å². The number of aliphatic hydroxyl groups excluding tert-OH is 1. The first-order valence-corrected chi connectivity index (χ1v) is 9.11. The number of likely N-dealkylation sites (tertiary alicyclic amines) is 1. The molecule has 5 nitrogen and oxygen atoms in total. The van der Waals surface area contributed by atoms with E-state index < -0.39 is 6.41 Å². The van der Waals surface area contributed by atoms with Crippen LogP contribution in [0.2, 0.25) is 0 Å². The van der Waals surface area contributed by atoms with E-state index in [0.717, 1.165) is 36.6 Å². The fourth-order valence-corrected chi connectivity index (χ4v) is 3.80. The number of aromatic nitrogens is 2. The van der Waals surface area contributed by atoms with Gasteiger partial charge in [0.1, 0.15) is 5.82 Å². The van der Waals surface area contributed by atoms with Crippen LogP contribution in [0, 0.1) is 5.82 Å². The topological polar surface area (TPSA) is 50.5 Å². The Balaban J connectivity index is 1.81. The van der Waals surface area contributed by atoms with Gasteiger partial charge in [-0.1, -0.05) is 11.8 Å². The van der Waals surface area contributed by atoms with Crippen molar-refractivity contribution in [3.63, 3.8) is 0 Å². The van der Waals surface area contributed by atoms with Crippen LogP contribution in [0.25, 0.3) is 11.0 Å². The Morgan fingerprint density at radius 1 is 1.43 bits per heavy atom. The molecule has 1 atom stereocenters. The molecular weight excluding hydrogens is 317 g/mol. The van der Waals surface area contributed by atoms with Gasteiger partial charge in [0.15, 0.2) is 5.16 Å². The zero-order valence-electron chi connectivity index (χ0n) is 13.4. The van der Waals surface area contributed by atoms with Gasteiger partial charge in [0.25, 0.3) is 0 Å². The number of fused-ring (bicyclic) bond motifs is 1. The third kappa shape index (κ3) is 3.38. The predicted molar refractivity (Wildman–Crippen MR) is 88.9 cm³/mol. The van der Waals surface area contributed by atoms with Crippen molar-refractivity contribution in [2.75, 3.05) is 26.0 Å². The monoisotopic (exact) mass is 339 g/mol. The number of ether oxygens (including phenoxy) is 1. The summed E-state index contributed by atoms with van der Waals surface area (Å²) in [6.07, 6.45) is 2.97. The van der Waals surface area contributed by atoms with Crippen LogP contribution in [-0.4, -0.2) is 51.9 Å². The summed E-state index contributed by atoms with van der Waals surface area (Å²) in [5, 5.41) is 10.8. The molecule has 3 rings (SSSR count). The molecule has 23 heavy (non-hydrogen) atoms. The summed E-state index contributed by atoms with van der Waals surface area (Å²) in [6, 6.07) is 5.08. The lowest BCUT2D eigenvalue weighted by atomic mass is 10.0. The molecule has 126 valence electrons. The standard InChI is InChI=1S/C16H22FN3O2S/c1-3-22-16(21)19-8-6-12(7-9-19)20-14-5-4-11(17)10-13(14)18-15(20)23-2/h4-5,10,12,16,21H,3,6-9H2,1-2H3. The highest BCUT2D eigenvalue weighted by molar-refractivity contribution is 7.98. The zero-order valence-corrected chi connectivity index (χ0v) is 14.2. The van der Waals surface area contributed by atoms with E-state index in [1.807, 2.05) is 18.1 Å². The van der Waals surface area contributed by atoms with Gasteiger partial charge < -0.3 is 14.4 Å². The maximum atomic E-state index is 13.4. The Morgan fingerprint density at radius 3 is 2.83 bits per heavy atom. The first kappa shape index (κ1) is 16.7. The largest absolute Gasteiger partial charge is 0.356 e. The van der Waals surface area contributed by atoms with Gasteiger partial charge in [-0.15, -0.1) is 0 Å². The summed E-state index contributed by atoms with van der Waals surface area (Å²) in [4.78, 5) is 6.49. The third-order valence-corrected chi connectivity index (χ3v) is 4.95. The van der Waals surface area contributed by atoms with Crippen molar-refractivity contribution in [1.82, 2.24) is 14.5 Å². The molecule has 2 aromatic rings. The van der Waals surface area contributed by atoms with Gasteiger partial charge in [-0.2, -0.15) is 0 Å². The molecule has 1 aromatic carbocycles. The van der Waals surface area contributed by atoms with Crippen LogP contribution in [0.5, 0.6) is 0 Å². The molecule has 1 fully saturated rings. The van der Waals surface area contributed by atoms with Crippen LogP contribution >= 0.6 is 11.8 Å². The highest BCUT2D eigenvalue weighted by Gasteiger charge is 2.27. The first-order chi connectivity index (χ1) is 11.1. The van der Waals surface area contributed by atoms with Gasteiger partial charge in [0.2, 0.25) is 6.41 Å². The van der Waals surface area contributed by atoms with Crippen LogP contribution in [0.3, 0.4) is 0 Å². The molecule has 1 aromatic heterocycles. The number of hydrogen-bond acceptors (Lipinski definition) is 5. The number of thioether (sulfide) groups is 1. The van der Waals surface area contributed by atoms with Crippen molar-refractivity contribution in [3.8, 4) is 0 Å². The van der Waals surface area contributed by atoms with Gasteiger partial charge in [0, 0.05) is 31.8 Å². The second-order valence-corrected chi connectivity index (χ2v) is 6.42. The van der Waals surface area contributed by atoms with Crippen LogP contribution in [-0.2, 0) is 4.74 Å². The Morgan fingerprint density at radius 2 is 2.17 bits per heavy atom. The number of rotatable bonds is 5. The van der Waals surface area contributed by atoms with Crippen LogP contribution in [0.4, 0.5) is 4.39 Å². The lowest BCUT2D eigenvalue weighted by Gasteiger charge is -2.35. The van der Waals surface area contributed by atoms with E-state index in [-0.39, 0.29) is 5.82 Å². The van der Waals surface area contributed by atoms with Gasteiger partial charge in [-0.25, -0.2) is 9.37 Å². The minimum Gasteiger partial charge on any atom is -0.356 e. The van der Waals surface area contributed by atoms with E-state index >= 15 is 0 Å². The lowest BCUT2D eigenvalue weighted by molar-refractivity contribution is -0.196. The number of imidazole rings is 1. The van der Waals surface area contributed by atoms with Crippen LogP contribution in [0.15, 0.2) is 23.4 Å². The Bertz CT molecular complexity index is 671. The first-order valence-electron chi connectivity index (χ1n) is 7.89. The molecular formula is C16H22FN3O2S. The minimum atomic E-state index is -0.824. The maximum Gasteiger partial charge on any atom is 0.216 e. The summed E-state index contributed by atoms with van der Waals surface area (Å²) >= 11 is 1.58. The number of hydrogen-bond donors (Lipinski definition) is 1. The molecule has 1 saturated heterocycles. The van der Waals surface area contributed by atoms with Crippen molar-refractivity contribution in [3.05, 3.63) is 24.0 Å². The van der Waals surface area contributed by atoms with E-state index in [2.05, 4.69) is 9.55 Å². The van der Waals surface area contributed by atoms with Crippen molar-refractivity contribution in [2.24, 2.45) is 0 Å². The number of nitrogens with zero attached hydrogens (tertiary/aromatic N) is 3. The van der Waals surface area contributed by atoms with Crippen molar-refractivity contribution < 1.29 is 14.2 Å². The summed E-state index contributed by atoms with van der Waals surface area (Å²) < 4.78 is 20.9. The highest BCUT2D eigenvalue weighted by Crippen LogP contribution is 2.32. The summed E-state index contributed by atoms with van der Waals surface area (Å²) in [5.41, 5.74) is 1.67. The molecule has 2 heterocycles. The second-order valence-electron chi connectivity index (χ2n) is 5.65. The molecule has 0 saturated carbocycles. The molecule has 1 unspecified atom stereocenters. The van der Waals surface area contributed by atoms with E-state index in [9.17, 15) is 9.50 Å². The molecule has 1 N–H and O–H groups in total. The predicted octanol–water partition coefficient (Wildman–Crippen LogP) is 2.85. The summed E-state index contributed by atoms with van der Waals surface area (Å²) in [6.45, 7) is 3.90. The SMILES string of the molecule is CCOC(O)N1CCC(n2c(SC)nc3cc(F)ccc32)CC1. The van der Waals surface area contributed by atoms with Crippen LogP contribution < -0.4 is 0 Å². The fraction of sp³-hybridized carbons (Fsp3) is 0.562. The van der Waals surface area contributed by atoms with Gasteiger partial charge in [0.05, 0.1) is 11.0 Å². The zero-order chi connectivity index (χ0) is 16.4. The van der Waals surface area contributed by atoms with Gasteiger partial charge >= 0.3 is 0 Å². The Hall–Kier alpha value is -1.15. The molecule has 0 radical (unpaired) electrons. The molecule has 0 aliphatic carbocycles. The minimum absolute atomic E-state index is 0.260. The normalized spacial score (nSPS) is 18.6. The number of halogens is 1. The van der Waals surface area contributed by atoms with E-state index in [4.69, 9.17) is 4.74 Å². The molecule has 1 aliphatic heterocycles. The summed E-state index contributed by atoms with van der Waals surface area (Å²) in [5.74, 6) is -0.260. The smallest absolute Gasteiger partial charge is 0.216 e. The Kier molecular flexibility index (Phi) is 5.21. The second kappa shape index (κ2) is 7.17. The van der Waals surface area contributed by atoms with Crippen LogP contribution in [0.1, 0.15) is 25.8 Å². The molecule has 0 spiro atoms. The molecule has 0 amide bonds. The highest BCUT2D eigenvalue weighted by atomic mass is 32.2. The number of benzene rings is 1. The Labute approximate surface area is 139 Å². The molecule has 0 bridgehead atoms. The summed E-state index contributed by atoms with van der Waals surface area (Å²) in [7, 11) is 0. The molecule has 1 aliphatic rings.